The second kappa shape index (κ2) is 8.61. The maximum atomic E-state index is 12.9. The number of fused-ring (bicyclic) bond motifs is 1. The smallest absolute Gasteiger partial charge is 0.336 e. The summed E-state index contributed by atoms with van der Waals surface area (Å²) >= 11 is 0. The molecule has 2 rings (SSSR count). The van der Waals surface area contributed by atoms with Crippen molar-refractivity contribution in [3.05, 3.63) is 44.8 Å². The second-order valence-electron chi connectivity index (χ2n) is 7.36. The second-order valence-corrected chi connectivity index (χ2v) is 7.36. The van der Waals surface area contributed by atoms with E-state index in [1.54, 1.807) is 13.8 Å². The third-order valence-electron chi connectivity index (χ3n) is 5.03. The summed E-state index contributed by atoms with van der Waals surface area (Å²) in [5, 5.41) is 32.2. The van der Waals surface area contributed by atoms with Crippen LogP contribution in [0.4, 0.5) is 0 Å². The molecule has 2 atom stereocenters. The summed E-state index contributed by atoms with van der Waals surface area (Å²) in [5.41, 5.74) is 0.488. The number of hydrogen-bond donors (Lipinski definition) is 3. The number of allylic oxidation sites excluding steroid dienone is 2. The SMILES string of the molecule is CCC(C)C(=O)c1c(O)c(CC=C(C)C)c2oc(=O)cc([C@@H](O)CC)c2c1O. The fraction of sp³-hybridized carbons (Fsp3) is 0.455. The van der Waals surface area contributed by atoms with E-state index in [1.165, 1.54) is 0 Å². The third-order valence-corrected chi connectivity index (χ3v) is 5.03. The van der Waals surface area contributed by atoms with Crippen LogP contribution in [-0.2, 0) is 6.42 Å². The molecule has 1 unspecified atom stereocenters. The Hall–Kier alpha value is -2.60. The predicted octanol–water partition coefficient (Wildman–Crippen LogP) is 4.39. The van der Waals surface area contributed by atoms with E-state index in [4.69, 9.17) is 4.42 Å². The highest BCUT2D eigenvalue weighted by Crippen LogP contribution is 2.44. The van der Waals surface area contributed by atoms with Gasteiger partial charge in [0.15, 0.2) is 5.78 Å². The average Bonchev–Trinajstić information content (AvgIpc) is 2.65. The standard InChI is InChI=1S/C22H28O6/c1-6-12(5)19(25)18-20(26)13(9-8-11(3)4)22-17(21(18)27)14(15(23)7-2)10-16(24)28-22/h8,10,12,15,23,26-27H,6-7,9H2,1-5H3/t12?,15-/m0/s1. The van der Waals surface area contributed by atoms with Crippen molar-refractivity contribution in [3.8, 4) is 11.5 Å². The normalized spacial score (nSPS) is 13.4. The van der Waals surface area contributed by atoms with Crippen molar-refractivity contribution >= 4 is 16.8 Å². The number of rotatable bonds is 7. The molecule has 6 heteroatoms. The summed E-state index contributed by atoms with van der Waals surface area (Å²) in [6.45, 7) is 9.06. The van der Waals surface area contributed by atoms with Crippen molar-refractivity contribution in [1.82, 2.24) is 0 Å². The van der Waals surface area contributed by atoms with Gasteiger partial charge < -0.3 is 19.7 Å². The van der Waals surface area contributed by atoms with Crippen molar-refractivity contribution in [2.45, 2.75) is 60.0 Å². The van der Waals surface area contributed by atoms with Crippen LogP contribution < -0.4 is 5.63 Å². The Morgan fingerprint density at radius 1 is 1.18 bits per heavy atom. The number of aliphatic hydroxyl groups excluding tert-OH is 1. The molecule has 0 amide bonds. The van der Waals surface area contributed by atoms with Crippen molar-refractivity contribution in [2.24, 2.45) is 5.92 Å². The number of phenolic OH excluding ortho intramolecular Hbond substituents is 2. The van der Waals surface area contributed by atoms with Crippen LogP contribution in [0, 0.1) is 5.92 Å². The van der Waals surface area contributed by atoms with Gasteiger partial charge in [0.25, 0.3) is 0 Å². The fourth-order valence-corrected chi connectivity index (χ4v) is 3.11. The molecule has 0 fully saturated rings. The van der Waals surface area contributed by atoms with Crippen LogP contribution in [0.5, 0.6) is 11.5 Å². The quantitative estimate of drug-likeness (QED) is 0.369. The Kier molecular flexibility index (Phi) is 6.67. The van der Waals surface area contributed by atoms with E-state index < -0.39 is 29.2 Å². The lowest BCUT2D eigenvalue weighted by atomic mass is 9.89. The maximum Gasteiger partial charge on any atom is 0.336 e. The minimum Gasteiger partial charge on any atom is -0.507 e. The van der Waals surface area contributed by atoms with Gasteiger partial charge in [0.2, 0.25) is 0 Å². The Morgan fingerprint density at radius 2 is 1.82 bits per heavy atom. The molecule has 0 saturated heterocycles. The van der Waals surface area contributed by atoms with E-state index in [1.807, 2.05) is 26.8 Å². The number of benzene rings is 1. The van der Waals surface area contributed by atoms with Gasteiger partial charge in [-0.15, -0.1) is 0 Å². The molecule has 0 radical (unpaired) electrons. The Bertz CT molecular complexity index is 979. The molecule has 6 nitrogen and oxygen atoms in total. The first-order valence-corrected chi connectivity index (χ1v) is 9.54. The largest absolute Gasteiger partial charge is 0.507 e. The van der Waals surface area contributed by atoms with Crippen LogP contribution in [0.15, 0.2) is 26.9 Å². The van der Waals surface area contributed by atoms with Gasteiger partial charge in [-0.1, -0.05) is 32.4 Å². The molecule has 0 bridgehead atoms. The third kappa shape index (κ3) is 3.97. The number of phenols is 2. The molecule has 1 heterocycles. The number of carbonyl (C=O) groups excluding carboxylic acids is 1. The number of ketones is 1. The summed E-state index contributed by atoms with van der Waals surface area (Å²) < 4.78 is 5.32. The lowest BCUT2D eigenvalue weighted by Gasteiger charge is -2.19. The van der Waals surface area contributed by atoms with E-state index in [-0.39, 0.29) is 39.8 Å². The summed E-state index contributed by atoms with van der Waals surface area (Å²) in [5.74, 6) is -1.68. The zero-order valence-electron chi connectivity index (χ0n) is 17.0. The van der Waals surface area contributed by atoms with Crippen molar-refractivity contribution in [3.63, 3.8) is 0 Å². The fourth-order valence-electron chi connectivity index (χ4n) is 3.11. The van der Waals surface area contributed by atoms with Crippen LogP contribution in [0.2, 0.25) is 0 Å². The topological polar surface area (TPSA) is 108 Å². The molecule has 3 N–H and O–H groups in total. The Labute approximate surface area is 164 Å². The van der Waals surface area contributed by atoms with Crippen molar-refractivity contribution < 1.29 is 24.5 Å². The van der Waals surface area contributed by atoms with Gasteiger partial charge in [-0.05, 0) is 33.1 Å². The van der Waals surface area contributed by atoms with E-state index >= 15 is 0 Å². The van der Waals surface area contributed by atoms with Crippen LogP contribution >= 0.6 is 0 Å². The first kappa shape index (κ1) is 21.7. The summed E-state index contributed by atoms with van der Waals surface area (Å²) in [7, 11) is 0. The first-order valence-electron chi connectivity index (χ1n) is 9.54. The molecule has 2 aromatic rings. The molecule has 1 aromatic heterocycles. The van der Waals surface area contributed by atoms with Crippen LogP contribution in [-0.4, -0.2) is 21.1 Å². The minimum absolute atomic E-state index is 0.0109. The monoisotopic (exact) mass is 388 g/mol. The van der Waals surface area contributed by atoms with E-state index in [0.717, 1.165) is 11.6 Å². The number of Topliss-reactive ketones (excluding diaryl/α,β-unsaturated/α-hetero) is 1. The molecule has 0 aliphatic rings. The zero-order chi connectivity index (χ0) is 21.2. The highest BCUT2D eigenvalue weighted by molar-refractivity contribution is 6.09. The average molecular weight is 388 g/mol. The highest BCUT2D eigenvalue weighted by Gasteiger charge is 2.29. The zero-order valence-corrected chi connectivity index (χ0v) is 17.0. The van der Waals surface area contributed by atoms with E-state index in [9.17, 15) is 24.9 Å². The van der Waals surface area contributed by atoms with E-state index in [0.29, 0.717) is 12.8 Å². The van der Waals surface area contributed by atoms with Gasteiger partial charge in [-0.2, -0.15) is 0 Å². The molecule has 0 aliphatic carbocycles. The van der Waals surface area contributed by atoms with Gasteiger partial charge in [-0.3, -0.25) is 4.79 Å². The molecule has 0 aliphatic heterocycles. The van der Waals surface area contributed by atoms with Gasteiger partial charge in [0.1, 0.15) is 22.6 Å². The molecule has 28 heavy (non-hydrogen) atoms. The summed E-state index contributed by atoms with van der Waals surface area (Å²) in [6.07, 6.45) is 1.85. The number of hydrogen-bond acceptors (Lipinski definition) is 6. The molecule has 1 aromatic carbocycles. The Balaban J connectivity index is 3.02. The Morgan fingerprint density at radius 3 is 2.36 bits per heavy atom. The van der Waals surface area contributed by atoms with Gasteiger partial charge in [0, 0.05) is 23.1 Å². The number of aromatic hydroxyl groups is 2. The summed E-state index contributed by atoms with van der Waals surface area (Å²) in [4.78, 5) is 25.0. The van der Waals surface area contributed by atoms with Gasteiger partial charge >= 0.3 is 5.63 Å². The highest BCUT2D eigenvalue weighted by atomic mass is 16.4. The molecular formula is C22H28O6. The maximum absolute atomic E-state index is 12.9. The van der Waals surface area contributed by atoms with Crippen LogP contribution in [0.1, 0.15) is 75.0 Å². The number of carbonyl (C=O) groups is 1. The van der Waals surface area contributed by atoms with Crippen LogP contribution in [0.3, 0.4) is 0 Å². The lowest BCUT2D eigenvalue weighted by molar-refractivity contribution is 0.0921. The molecule has 0 spiro atoms. The van der Waals surface area contributed by atoms with E-state index in [2.05, 4.69) is 0 Å². The van der Waals surface area contributed by atoms with Crippen LogP contribution in [0.25, 0.3) is 11.0 Å². The van der Waals surface area contributed by atoms with Crippen molar-refractivity contribution in [2.75, 3.05) is 0 Å². The summed E-state index contributed by atoms with van der Waals surface area (Å²) in [6, 6.07) is 1.12. The predicted molar refractivity (Wildman–Crippen MR) is 108 cm³/mol. The molecular weight excluding hydrogens is 360 g/mol. The molecule has 152 valence electrons. The minimum atomic E-state index is -1.02. The van der Waals surface area contributed by atoms with Gasteiger partial charge in [-0.25, -0.2) is 4.79 Å². The lowest BCUT2D eigenvalue weighted by Crippen LogP contribution is -2.13. The molecule has 0 saturated carbocycles. The first-order chi connectivity index (χ1) is 13.1. The van der Waals surface area contributed by atoms with Gasteiger partial charge in [0.05, 0.1) is 11.5 Å². The number of aliphatic hydroxyl groups is 1. The van der Waals surface area contributed by atoms with Crippen molar-refractivity contribution in [1.29, 1.82) is 0 Å².